The lowest BCUT2D eigenvalue weighted by atomic mass is 9.79. The molecule has 2 atom stereocenters. The molecular weight excluding hydrogens is 246 g/mol. The standard InChI is InChI=1S/C17H27N3/c1-14-11-19-17(8-4-3-5-9-17)13-20(14)15(2)16-7-6-10-18-12-16/h6-7,10,12,14-15,19H,3-5,8-9,11,13H2,1-2H3. The van der Waals surface area contributed by atoms with E-state index in [4.69, 9.17) is 0 Å². The maximum atomic E-state index is 4.29. The average molecular weight is 273 g/mol. The Labute approximate surface area is 122 Å². The van der Waals surface area contributed by atoms with Crippen LogP contribution in [0.2, 0.25) is 0 Å². The predicted octanol–water partition coefficient (Wildman–Crippen LogP) is 3.14. The molecule has 0 radical (unpaired) electrons. The maximum absolute atomic E-state index is 4.29. The highest BCUT2D eigenvalue weighted by atomic mass is 15.3. The summed E-state index contributed by atoms with van der Waals surface area (Å²) in [4.78, 5) is 6.97. The summed E-state index contributed by atoms with van der Waals surface area (Å²) in [6.45, 7) is 6.97. The van der Waals surface area contributed by atoms with Crippen LogP contribution in [0.5, 0.6) is 0 Å². The van der Waals surface area contributed by atoms with Crippen molar-refractivity contribution in [2.75, 3.05) is 13.1 Å². The van der Waals surface area contributed by atoms with Gasteiger partial charge in [0, 0.05) is 43.1 Å². The van der Waals surface area contributed by atoms with Crippen LogP contribution in [0.15, 0.2) is 24.5 Å². The summed E-state index contributed by atoms with van der Waals surface area (Å²) in [5.74, 6) is 0. The van der Waals surface area contributed by atoms with Crippen molar-refractivity contribution in [2.45, 2.75) is 63.6 Å². The van der Waals surface area contributed by atoms with Crippen molar-refractivity contribution in [1.82, 2.24) is 15.2 Å². The molecule has 3 heteroatoms. The third-order valence-electron chi connectivity index (χ3n) is 5.30. The maximum Gasteiger partial charge on any atom is 0.0339 e. The minimum atomic E-state index is 0.376. The molecular formula is C17H27N3. The third kappa shape index (κ3) is 2.75. The average Bonchev–Trinajstić information content (AvgIpc) is 2.51. The number of aromatic nitrogens is 1. The SMILES string of the molecule is CC1CNC2(CCCCC2)CN1C(C)c1cccnc1. The number of nitrogens with zero attached hydrogens (tertiary/aromatic N) is 2. The Morgan fingerprint density at radius 1 is 1.35 bits per heavy atom. The summed E-state index contributed by atoms with van der Waals surface area (Å²) in [6.07, 6.45) is 10.8. The summed E-state index contributed by atoms with van der Waals surface area (Å²) < 4.78 is 0. The van der Waals surface area contributed by atoms with Gasteiger partial charge < -0.3 is 5.32 Å². The van der Waals surface area contributed by atoms with Gasteiger partial charge in [-0.15, -0.1) is 0 Å². The van der Waals surface area contributed by atoms with Crippen molar-refractivity contribution in [3.05, 3.63) is 30.1 Å². The second kappa shape index (κ2) is 5.82. The van der Waals surface area contributed by atoms with E-state index in [2.05, 4.69) is 41.2 Å². The van der Waals surface area contributed by atoms with Gasteiger partial charge in [0.15, 0.2) is 0 Å². The number of rotatable bonds is 2. The Bertz CT molecular complexity index is 425. The first-order chi connectivity index (χ1) is 9.70. The molecule has 2 aliphatic rings. The van der Waals surface area contributed by atoms with E-state index in [9.17, 15) is 0 Å². The zero-order chi connectivity index (χ0) is 14.0. The molecule has 1 aromatic heterocycles. The minimum absolute atomic E-state index is 0.376. The van der Waals surface area contributed by atoms with E-state index in [1.54, 1.807) is 0 Å². The molecule has 0 aromatic carbocycles. The largest absolute Gasteiger partial charge is 0.308 e. The van der Waals surface area contributed by atoms with Crippen LogP contribution in [0.3, 0.4) is 0 Å². The highest BCUT2D eigenvalue weighted by Gasteiger charge is 2.40. The molecule has 2 unspecified atom stereocenters. The second-order valence-corrected chi connectivity index (χ2v) is 6.71. The number of piperazine rings is 1. The van der Waals surface area contributed by atoms with Crippen LogP contribution in [-0.4, -0.2) is 34.6 Å². The fourth-order valence-electron chi connectivity index (χ4n) is 3.94. The molecule has 1 aliphatic heterocycles. The molecule has 2 fully saturated rings. The van der Waals surface area contributed by atoms with Crippen molar-refractivity contribution in [2.24, 2.45) is 0 Å². The van der Waals surface area contributed by atoms with Gasteiger partial charge in [-0.1, -0.05) is 25.3 Å². The fourth-order valence-corrected chi connectivity index (χ4v) is 3.94. The summed E-state index contributed by atoms with van der Waals surface area (Å²) in [6, 6.07) is 5.31. The topological polar surface area (TPSA) is 28.2 Å². The molecule has 20 heavy (non-hydrogen) atoms. The third-order valence-corrected chi connectivity index (χ3v) is 5.30. The molecule has 1 spiro atoms. The molecule has 1 aliphatic carbocycles. The first-order valence-corrected chi connectivity index (χ1v) is 8.11. The quantitative estimate of drug-likeness (QED) is 0.897. The van der Waals surface area contributed by atoms with Crippen LogP contribution >= 0.6 is 0 Å². The van der Waals surface area contributed by atoms with E-state index in [1.807, 2.05) is 12.4 Å². The van der Waals surface area contributed by atoms with Crippen LogP contribution in [-0.2, 0) is 0 Å². The highest BCUT2D eigenvalue weighted by molar-refractivity contribution is 5.15. The van der Waals surface area contributed by atoms with E-state index in [1.165, 1.54) is 44.2 Å². The molecule has 1 saturated carbocycles. The van der Waals surface area contributed by atoms with E-state index < -0.39 is 0 Å². The van der Waals surface area contributed by atoms with Gasteiger partial charge >= 0.3 is 0 Å². The van der Waals surface area contributed by atoms with E-state index in [0.717, 1.165) is 6.54 Å². The molecule has 1 aromatic rings. The van der Waals surface area contributed by atoms with Crippen molar-refractivity contribution in [1.29, 1.82) is 0 Å². The minimum Gasteiger partial charge on any atom is -0.308 e. The van der Waals surface area contributed by atoms with Crippen molar-refractivity contribution >= 4 is 0 Å². The molecule has 1 saturated heterocycles. The summed E-state index contributed by atoms with van der Waals surface area (Å²) in [5.41, 5.74) is 1.72. The summed E-state index contributed by atoms with van der Waals surface area (Å²) in [5, 5.41) is 3.86. The Morgan fingerprint density at radius 2 is 2.15 bits per heavy atom. The van der Waals surface area contributed by atoms with Gasteiger partial charge in [0.2, 0.25) is 0 Å². The van der Waals surface area contributed by atoms with E-state index in [-0.39, 0.29) is 0 Å². The Hall–Kier alpha value is -0.930. The first kappa shape index (κ1) is 14.0. The highest BCUT2D eigenvalue weighted by Crippen LogP contribution is 2.35. The fraction of sp³-hybridized carbons (Fsp3) is 0.706. The van der Waals surface area contributed by atoms with Gasteiger partial charge in [0.05, 0.1) is 0 Å². The lowest BCUT2D eigenvalue weighted by molar-refractivity contribution is 0.0354. The van der Waals surface area contributed by atoms with Gasteiger partial charge in [-0.05, 0) is 38.3 Å². The molecule has 2 heterocycles. The number of nitrogens with one attached hydrogen (secondary N) is 1. The zero-order valence-electron chi connectivity index (χ0n) is 12.8. The number of hydrogen-bond acceptors (Lipinski definition) is 3. The first-order valence-electron chi connectivity index (χ1n) is 8.11. The Morgan fingerprint density at radius 3 is 2.85 bits per heavy atom. The van der Waals surface area contributed by atoms with Gasteiger partial charge in [-0.2, -0.15) is 0 Å². The molecule has 0 amide bonds. The van der Waals surface area contributed by atoms with Crippen LogP contribution in [0.4, 0.5) is 0 Å². The van der Waals surface area contributed by atoms with Crippen molar-refractivity contribution < 1.29 is 0 Å². The van der Waals surface area contributed by atoms with Crippen LogP contribution in [0.1, 0.15) is 57.6 Å². The summed E-state index contributed by atoms with van der Waals surface area (Å²) >= 11 is 0. The smallest absolute Gasteiger partial charge is 0.0339 e. The van der Waals surface area contributed by atoms with Crippen LogP contribution in [0, 0.1) is 0 Å². The van der Waals surface area contributed by atoms with Gasteiger partial charge in [-0.3, -0.25) is 9.88 Å². The lowest BCUT2D eigenvalue weighted by Crippen LogP contribution is -2.64. The zero-order valence-corrected chi connectivity index (χ0v) is 12.8. The van der Waals surface area contributed by atoms with Crippen LogP contribution < -0.4 is 5.32 Å². The molecule has 1 N–H and O–H groups in total. The van der Waals surface area contributed by atoms with Crippen LogP contribution in [0.25, 0.3) is 0 Å². The number of pyridine rings is 1. The van der Waals surface area contributed by atoms with E-state index in [0.29, 0.717) is 17.6 Å². The Balaban J connectivity index is 1.76. The summed E-state index contributed by atoms with van der Waals surface area (Å²) in [7, 11) is 0. The van der Waals surface area contributed by atoms with E-state index >= 15 is 0 Å². The van der Waals surface area contributed by atoms with Gasteiger partial charge in [0.1, 0.15) is 0 Å². The predicted molar refractivity (Wildman–Crippen MR) is 82.6 cm³/mol. The number of hydrogen-bond donors (Lipinski definition) is 1. The van der Waals surface area contributed by atoms with Gasteiger partial charge in [-0.25, -0.2) is 0 Å². The monoisotopic (exact) mass is 273 g/mol. The van der Waals surface area contributed by atoms with Crippen molar-refractivity contribution in [3.8, 4) is 0 Å². The normalized spacial score (nSPS) is 28.4. The lowest BCUT2D eigenvalue weighted by Gasteiger charge is -2.51. The second-order valence-electron chi connectivity index (χ2n) is 6.71. The van der Waals surface area contributed by atoms with Gasteiger partial charge in [0.25, 0.3) is 0 Å². The molecule has 110 valence electrons. The molecule has 3 nitrogen and oxygen atoms in total. The Kier molecular flexibility index (Phi) is 4.08. The molecule has 3 rings (SSSR count). The molecule has 0 bridgehead atoms. The van der Waals surface area contributed by atoms with Crippen molar-refractivity contribution in [3.63, 3.8) is 0 Å².